The summed E-state index contributed by atoms with van der Waals surface area (Å²) in [5, 5.41) is 11.9. The third-order valence-electron chi connectivity index (χ3n) is 3.06. The minimum atomic E-state index is -0.468. The Kier molecular flexibility index (Phi) is 3.66. The summed E-state index contributed by atoms with van der Waals surface area (Å²) in [6.07, 6.45) is 2.16. The van der Waals surface area contributed by atoms with E-state index >= 15 is 0 Å². The Balaban J connectivity index is 1.86. The van der Waals surface area contributed by atoms with Crippen molar-refractivity contribution in [2.75, 3.05) is 0 Å². The van der Waals surface area contributed by atoms with Gasteiger partial charge in [-0.15, -0.1) is 5.10 Å². The van der Waals surface area contributed by atoms with E-state index in [9.17, 15) is 4.79 Å². The van der Waals surface area contributed by atoms with Crippen LogP contribution in [0.25, 0.3) is 0 Å². The normalized spacial score (nSPS) is 15.8. The van der Waals surface area contributed by atoms with Crippen molar-refractivity contribution in [1.29, 1.82) is 0 Å². The Bertz CT molecular complexity index is 597. The molecule has 0 radical (unpaired) electrons. The van der Waals surface area contributed by atoms with Gasteiger partial charge in [0, 0.05) is 0 Å². The summed E-state index contributed by atoms with van der Waals surface area (Å²) in [5.74, 6) is 5.01. The molecule has 0 spiro atoms. The van der Waals surface area contributed by atoms with Gasteiger partial charge in [0.1, 0.15) is 5.25 Å². The zero-order valence-electron chi connectivity index (χ0n) is 10.6. The number of benzene rings is 1. The number of hydrogen-bond donors (Lipinski definition) is 2. The minimum absolute atomic E-state index is 0.272. The van der Waals surface area contributed by atoms with Gasteiger partial charge in [-0.25, -0.2) is 10.5 Å². The molecule has 1 aliphatic carbocycles. The second-order valence-corrected chi connectivity index (χ2v) is 5.63. The second-order valence-electron chi connectivity index (χ2n) is 4.55. The SMILES string of the molecule is NNC(=O)C(Sc1nnnn1C1CC1)c1ccccc1. The second kappa shape index (κ2) is 5.59. The third-order valence-corrected chi connectivity index (χ3v) is 4.26. The zero-order valence-corrected chi connectivity index (χ0v) is 11.5. The molecule has 0 saturated heterocycles. The summed E-state index contributed by atoms with van der Waals surface area (Å²) in [5.41, 5.74) is 3.07. The van der Waals surface area contributed by atoms with E-state index in [2.05, 4.69) is 21.0 Å². The first-order chi connectivity index (χ1) is 9.79. The molecule has 1 amide bonds. The average molecular weight is 290 g/mol. The van der Waals surface area contributed by atoms with Crippen LogP contribution < -0.4 is 11.3 Å². The summed E-state index contributed by atoms with van der Waals surface area (Å²) >= 11 is 1.31. The number of amides is 1. The fourth-order valence-electron chi connectivity index (χ4n) is 1.89. The molecule has 104 valence electrons. The van der Waals surface area contributed by atoms with Crippen molar-refractivity contribution in [3.05, 3.63) is 35.9 Å². The van der Waals surface area contributed by atoms with Crippen LogP contribution >= 0.6 is 11.8 Å². The monoisotopic (exact) mass is 290 g/mol. The Morgan fingerprint density at radius 3 is 2.80 bits per heavy atom. The Hall–Kier alpha value is -1.93. The highest BCUT2D eigenvalue weighted by Gasteiger charge is 2.31. The first kappa shape index (κ1) is 13.1. The Morgan fingerprint density at radius 2 is 2.15 bits per heavy atom. The summed E-state index contributed by atoms with van der Waals surface area (Å²) < 4.78 is 1.78. The molecule has 8 heteroatoms. The molecule has 2 aromatic rings. The van der Waals surface area contributed by atoms with Crippen LogP contribution in [0.4, 0.5) is 0 Å². The van der Waals surface area contributed by atoms with Gasteiger partial charge in [0.15, 0.2) is 0 Å². The number of carbonyl (C=O) groups excluding carboxylic acids is 1. The maximum absolute atomic E-state index is 12.0. The first-order valence-corrected chi connectivity index (χ1v) is 7.17. The highest BCUT2D eigenvalue weighted by molar-refractivity contribution is 8.00. The predicted molar refractivity (Wildman–Crippen MR) is 73.5 cm³/mol. The number of nitrogens with one attached hydrogen (secondary N) is 1. The molecule has 3 rings (SSSR count). The fourth-order valence-corrected chi connectivity index (χ4v) is 2.95. The molecular formula is C12H14N6OS. The first-order valence-electron chi connectivity index (χ1n) is 6.29. The Labute approximate surface area is 119 Å². The van der Waals surface area contributed by atoms with E-state index in [-0.39, 0.29) is 5.91 Å². The highest BCUT2D eigenvalue weighted by atomic mass is 32.2. The van der Waals surface area contributed by atoms with Gasteiger partial charge >= 0.3 is 0 Å². The predicted octanol–water partition coefficient (Wildman–Crippen LogP) is 0.831. The molecule has 1 saturated carbocycles. The van der Waals surface area contributed by atoms with Crippen LogP contribution in [-0.4, -0.2) is 26.1 Å². The van der Waals surface area contributed by atoms with Crippen LogP contribution in [0.15, 0.2) is 35.5 Å². The lowest BCUT2D eigenvalue weighted by atomic mass is 10.1. The standard InChI is InChI=1S/C12H14N6OS/c13-14-11(19)10(8-4-2-1-3-5-8)20-12-15-16-17-18(12)9-6-7-9/h1-5,9-10H,6-7,13H2,(H,14,19). The van der Waals surface area contributed by atoms with E-state index in [1.54, 1.807) is 4.68 Å². The number of aromatic nitrogens is 4. The van der Waals surface area contributed by atoms with Gasteiger partial charge in [-0.1, -0.05) is 42.1 Å². The van der Waals surface area contributed by atoms with Gasteiger partial charge in [0.2, 0.25) is 5.16 Å². The maximum Gasteiger partial charge on any atom is 0.251 e. The number of thioether (sulfide) groups is 1. The summed E-state index contributed by atoms with van der Waals surface area (Å²) in [4.78, 5) is 12.0. The Morgan fingerprint density at radius 1 is 1.40 bits per heavy atom. The number of tetrazole rings is 1. The van der Waals surface area contributed by atoms with Crippen molar-refractivity contribution >= 4 is 17.7 Å². The van der Waals surface area contributed by atoms with E-state index in [0.29, 0.717) is 11.2 Å². The van der Waals surface area contributed by atoms with Crippen molar-refractivity contribution in [2.45, 2.75) is 29.3 Å². The van der Waals surface area contributed by atoms with E-state index in [4.69, 9.17) is 5.84 Å². The van der Waals surface area contributed by atoms with Gasteiger partial charge in [-0.2, -0.15) is 0 Å². The molecule has 1 unspecified atom stereocenters. The number of nitrogens with zero attached hydrogens (tertiary/aromatic N) is 4. The number of nitrogens with two attached hydrogens (primary N) is 1. The minimum Gasteiger partial charge on any atom is -0.293 e. The van der Waals surface area contributed by atoms with Crippen LogP contribution in [0.1, 0.15) is 29.7 Å². The lowest BCUT2D eigenvalue weighted by molar-refractivity contribution is -0.120. The topological polar surface area (TPSA) is 98.7 Å². The molecule has 1 atom stereocenters. The summed E-state index contributed by atoms with van der Waals surface area (Å²) in [7, 11) is 0. The molecule has 7 nitrogen and oxygen atoms in total. The quantitative estimate of drug-likeness (QED) is 0.366. The fraction of sp³-hybridized carbons (Fsp3) is 0.333. The van der Waals surface area contributed by atoms with Gasteiger partial charge < -0.3 is 0 Å². The van der Waals surface area contributed by atoms with Gasteiger partial charge in [0.25, 0.3) is 5.91 Å². The largest absolute Gasteiger partial charge is 0.293 e. The number of hydrazine groups is 1. The lowest BCUT2D eigenvalue weighted by Crippen LogP contribution is -2.33. The maximum atomic E-state index is 12.0. The highest BCUT2D eigenvalue weighted by Crippen LogP contribution is 2.40. The van der Waals surface area contributed by atoms with Crippen LogP contribution in [-0.2, 0) is 4.79 Å². The third kappa shape index (κ3) is 2.66. The molecule has 20 heavy (non-hydrogen) atoms. The number of hydrogen-bond acceptors (Lipinski definition) is 6. The lowest BCUT2D eigenvalue weighted by Gasteiger charge is -2.14. The van der Waals surface area contributed by atoms with Crippen LogP contribution in [0.2, 0.25) is 0 Å². The molecule has 0 bridgehead atoms. The van der Waals surface area contributed by atoms with Crippen LogP contribution in [0, 0.1) is 0 Å². The molecule has 1 aromatic carbocycles. The van der Waals surface area contributed by atoms with Crippen molar-refractivity contribution < 1.29 is 4.79 Å². The molecule has 1 aromatic heterocycles. The number of rotatable bonds is 5. The van der Waals surface area contributed by atoms with E-state index in [1.165, 1.54) is 11.8 Å². The zero-order chi connectivity index (χ0) is 13.9. The summed E-state index contributed by atoms with van der Waals surface area (Å²) in [6.45, 7) is 0. The molecule has 3 N–H and O–H groups in total. The van der Waals surface area contributed by atoms with Crippen LogP contribution in [0.3, 0.4) is 0 Å². The van der Waals surface area contributed by atoms with E-state index in [0.717, 1.165) is 18.4 Å². The molecule has 1 heterocycles. The number of carbonyl (C=O) groups is 1. The van der Waals surface area contributed by atoms with Gasteiger partial charge in [0.05, 0.1) is 6.04 Å². The van der Waals surface area contributed by atoms with Gasteiger partial charge in [-0.05, 0) is 28.8 Å². The molecule has 1 fully saturated rings. The van der Waals surface area contributed by atoms with Crippen molar-refractivity contribution in [3.63, 3.8) is 0 Å². The average Bonchev–Trinajstić information content (AvgIpc) is 3.24. The van der Waals surface area contributed by atoms with Crippen molar-refractivity contribution in [3.8, 4) is 0 Å². The van der Waals surface area contributed by atoms with Crippen molar-refractivity contribution in [1.82, 2.24) is 25.6 Å². The van der Waals surface area contributed by atoms with Crippen molar-refractivity contribution in [2.24, 2.45) is 5.84 Å². The molecule has 0 aliphatic heterocycles. The summed E-state index contributed by atoms with van der Waals surface area (Å²) in [6, 6.07) is 9.81. The van der Waals surface area contributed by atoms with E-state index < -0.39 is 5.25 Å². The smallest absolute Gasteiger partial charge is 0.251 e. The van der Waals surface area contributed by atoms with Crippen LogP contribution in [0.5, 0.6) is 0 Å². The van der Waals surface area contributed by atoms with E-state index in [1.807, 2.05) is 30.3 Å². The van der Waals surface area contributed by atoms with Gasteiger partial charge in [-0.3, -0.25) is 10.2 Å². The molecular weight excluding hydrogens is 276 g/mol. The molecule has 1 aliphatic rings.